The fourth-order valence-corrected chi connectivity index (χ4v) is 3.71. The van der Waals surface area contributed by atoms with Gasteiger partial charge >= 0.3 is 0 Å². The van der Waals surface area contributed by atoms with Crippen molar-refractivity contribution in [3.8, 4) is 6.07 Å². The van der Waals surface area contributed by atoms with Gasteiger partial charge in [0.1, 0.15) is 6.04 Å². The Kier molecular flexibility index (Phi) is 5.98. The number of primary amides is 1. The minimum atomic E-state index is -0.530. The fourth-order valence-electron chi connectivity index (χ4n) is 3.58. The number of Topliss-reactive ketones (excluding diaryl/α,β-unsaturated/α-hetero) is 1. The number of piperazine rings is 1. The number of benzene rings is 2. The lowest BCUT2D eigenvalue weighted by Crippen LogP contribution is -2.50. The molecule has 1 unspecified atom stereocenters. The number of nitrogens with two attached hydrogens (primary N) is 1. The van der Waals surface area contributed by atoms with Gasteiger partial charge in [-0.2, -0.15) is 5.26 Å². The minimum absolute atomic E-state index is 0.0434. The highest BCUT2D eigenvalue weighted by atomic mass is 35.5. The highest BCUT2D eigenvalue weighted by Gasteiger charge is 2.30. The molecular weight excluding hydrogens is 376 g/mol. The van der Waals surface area contributed by atoms with Crippen LogP contribution in [-0.2, 0) is 4.79 Å². The Hall–Kier alpha value is -2.88. The van der Waals surface area contributed by atoms with Crippen molar-refractivity contribution in [1.82, 2.24) is 4.90 Å². The summed E-state index contributed by atoms with van der Waals surface area (Å²) < 4.78 is 0. The smallest absolute Gasteiger partial charge is 0.239 e. The maximum Gasteiger partial charge on any atom is 0.239 e. The van der Waals surface area contributed by atoms with Crippen molar-refractivity contribution in [2.24, 2.45) is 5.73 Å². The van der Waals surface area contributed by atoms with E-state index in [9.17, 15) is 14.9 Å². The first-order valence-electron chi connectivity index (χ1n) is 8.99. The van der Waals surface area contributed by atoms with Crippen molar-refractivity contribution in [2.45, 2.75) is 13.0 Å². The summed E-state index contributed by atoms with van der Waals surface area (Å²) in [5.74, 6) is -0.454. The van der Waals surface area contributed by atoms with Gasteiger partial charge in [-0.25, -0.2) is 0 Å². The molecule has 1 fully saturated rings. The molecule has 1 saturated heterocycles. The van der Waals surface area contributed by atoms with Crippen molar-refractivity contribution in [3.05, 3.63) is 64.2 Å². The monoisotopic (exact) mass is 396 g/mol. The molecule has 0 radical (unpaired) electrons. The Bertz CT molecular complexity index is 928. The first-order chi connectivity index (χ1) is 13.4. The molecule has 2 N–H and O–H groups in total. The van der Waals surface area contributed by atoms with Crippen LogP contribution >= 0.6 is 11.6 Å². The largest absolute Gasteiger partial charge is 0.368 e. The van der Waals surface area contributed by atoms with Gasteiger partial charge in [0.25, 0.3) is 0 Å². The molecule has 1 aliphatic rings. The number of ketones is 1. The Morgan fingerprint density at radius 3 is 2.29 bits per heavy atom. The standard InChI is InChI=1S/C21H21ClN4O2/c1-14(27)18-7-2-15(13-23)12-19(18)25-8-10-26(11-9-25)20(21(24)28)16-3-5-17(22)6-4-16/h2-7,12,20H,8-11H2,1H3,(H2,24,28). The summed E-state index contributed by atoms with van der Waals surface area (Å²) in [6, 6.07) is 13.8. The van der Waals surface area contributed by atoms with Gasteiger partial charge in [0.15, 0.2) is 5.78 Å². The van der Waals surface area contributed by atoms with Crippen molar-refractivity contribution < 1.29 is 9.59 Å². The number of rotatable bonds is 5. The lowest BCUT2D eigenvalue weighted by molar-refractivity contribution is -0.123. The molecule has 144 valence electrons. The van der Waals surface area contributed by atoms with E-state index in [1.807, 2.05) is 17.0 Å². The highest BCUT2D eigenvalue weighted by Crippen LogP contribution is 2.28. The molecule has 0 spiro atoms. The van der Waals surface area contributed by atoms with Gasteiger partial charge in [0.2, 0.25) is 5.91 Å². The third-order valence-corrected chi connectivity index (χ3v) is 5.23. The fraction of sp³-hybridized carbons (Fsp3) is 0.286. The molecule has 0 saturated carbocycles. The summed E-state index contributed by atoms with van der Waals surface area (Å²) in [6.07, 6.45) is 0. The molecule has 2 aromatic carbocycles. The predicted molar refractivity (Wildman–Crippen MR) is 108 cm³/mol. The molecule has 0 bridgehead atoms. The summed E-state index contributed by atoms with van der Waals surface area (Å²) in [5, 5.41) is 9.79. The van der Waals surface area contributed by atoms with Crippen LogP contribution < -0.4 is 10.6 Å². The van der Waals surface area contributed by atoms with Crippen molar-refractivity contribution in [2.75, 3.05) is 31.1 Å². The van der Waals surface area contributed by atoms with E-state index in [1.54, 1.807) is 30.3 Å². The van der Waals surface area contributed by atoms with Gasteiger partial charge in [-0.15, -0.1) is 0 Å². The molecule has 6 nitrogen and oxygen atoms in total. The van der Waals surface area contributed by atoms with Crippen LogP contribution in [0, 0.1) is 11.3 Å². The lowest BCUT2D eigenvalue weighted by atomic mass is 10.0. The first-order valence-corrected chi connectivity index (χ1v) is 9.37. The van der Waals surface area contributed by atoms with E-state index in [0.29, 0.717) is 42.3 Å². The number of amides is 1. The van der Waals surface area contributed by atoms with E-state index < -0.39 is 11.9 Å². The van der Waals surface area contributed by atoms with E-state index in [-0.39, 0.29) is 5.78 Å². The third-order valence-electron chi connectivity index (χ3n) is 4.98. The van der Waals surface area contributed by atoms with E-state index in [1.165, 1.54) is 6.92 Å². The number of nitriles is 1. The zero-order chi connectivity index (χ0) is 20.3. The van der Waals surface area contributed by atoms with Gasteiger partial charge in [-0.3, -0.25) is 14.5 Å². The number of nitrogens with zero attached hydrogens (tertiary/aromatic N) is 3. The lowest BCUT2D eigenvalue weighted by Gasteiger charge is -2.39. The number of carbonyl (C=O) groups excluding carboxylic acids is 2. The van der Waals surface area contributed by atoms with Gasteiger partial charge < -0.3 is 10.6 Å². The van der Waals surface area contributed by atoms with E-state index in [0.717, 1.165) is 11.3 Å². The summed E-state index contributed by atoms with van der Waals surface area (Å²) in [5.41, 5.74) is 8.35. The Morgan fingerprint density at radius 2 is 1.75 bits per heavy atom. The second kappa shape index (κ2) is 8.42. The molecule has 1 aliphatic heterocycles. The van der Waals surface area contributed by atoms with Crippen LogP contribution in [0.4, 0.5) is 5.69 Å². The van der Waals surface area contributed by atoms with Crippen LogP contribution in [0.1, 0.15) is 34.5 Å². The number of hydrogen-bond acceptors (Lipinski definition) is 5. The molecular formula is C21H21ClN4O2. The molecule has 0 aromatic heterocycles. The third kappa shape index (κ3) is 4.16. The Balaban J connectivity index is 1.80. The molecule has 1 amide bonds. The van der Waals surface area contributed by atoms with Gasteiger partial charge in [0.05, 0.1) is 11.6 Å². The van der Waals surface area contributed by atoms with Crippen molar-refractivity contribution in [3.63, 3.8) is 0 Å². The number of hydrogen-bond donors (Lipinski definition) is 1. The normalized spacial score (nSPS) is 15.7. The molecule has 1 atom stereocenters. The average Bonchev–Trinajstić information content (AvgIpc) is 2.69. The van der Waals surface area contributed by atoms with Crippen molar-refractivity contribution in [1.29, 1.82) is 5.26 Å². The minimum Gasteiger partial charge on any atom is -0.368 e. The van der Waals surface area contributed by atoms with E-state index in [2.05, 4.69) is 11.0 Å². The molecule has 3 rings (SSSR count). The van der Waals surface area contributed by atoms with E-state index in [4.69, 9.17) is 17.3 Å². The summed E-state index contributed by atoms with van der Waals surface area (Å²) in [7, 11) is 0. The molecule has 2 aromatic rings. The second-order valence-corrected chi connectivity index (χ2v) is 7.22. The van der Waals surface area contributed by atoms with Crippen LogP contribution in [-0.4, -0.2) is 42.8 Å². The molecule has 7 heteroatoms. The van der Waals surface area contributed by atoms with Crippen LogP contribution in [0.2, 0.25) is 5.02 Å². The topological polar surface area (TPSA) is 90.4 Å². The predicted octanol–water partition coefficient (Wildman–Crippen LogP) is 2.76. The summed E-state index contributed by atoms with van der Waals surface area (Å²) in [6.45, 7) is 3.96. The van der Waals surface area contributed by atoms with Crippen LogP contribution in [0.3, 0.4) is 0 Å². The zero-order valence-electron chi connectivity index (χ0n) is 15.6. The Morgan fingerprint density at radius 1 is 1.11 bits per heavy atom. The van der Waals surface area contributed by atoms with E-state index >= 15 is 0 Å². The number of anilines is 1. The maximum atomic E-state index is 12.1. The zero-order valence-corrected chi connectivity index (χ0v) is 16.3. The molecule has 0 aliphatic carbocycles. The summed E-state index contributed by atoms with van der Waals surface area (Å²) >= 11 is 5.95. The van der Waals surface area contributed by atoms with Crippen LogP contribution in [0.25, 0.3) is 0 Å². The van der Waals surface area contributed by atoms with Gasteiger partial charge in [-0.1, -0.05) is 23.7 Å². The van der Waals surface area contributed by atoms with Crippen LogP contribution in [0.15, 0.2) is 42.5 Å². The highest BCUT2D eigenvalue weighted by molar-refractivity contribution is 6.30. The average molecular weight is 397 g/mol. The SMILES string of the molecule is CC(=O)c1ccc(C#N)cc1N1CCN(C(C(N)=O)c2ccc(Cl)cc2)CC1. The molecule has 1 heterocycles. The number of halogens is 1. The Labute approximate surface area is 169 Å². The van der Waals surface area contributed by atoms with Gasteiger partial charge in [0, 0.05) is 42.5 Å². The van der Waals surface area contributed by atoms with Crippen molar-refractivity contribution >= 4 is 29.0 Å². The maximum absolute atomic E-state index is 12.1. The quantitative estimate of drug-likeness (QED) is 0.785. The van der Waals surface area contributed by atoms with Crippen LogP contribution in [0.5, 0.6) is 0 Å². The number of carbonyl (C=O) groups is 2. The summed E-state index contributed by atoms with van der Waals surface area (Å²) in [4.78, 5) is 28.2. The first kappa shape index (κ1) is 19.9. The molecule has 28 heavy (non-hydrogen) atoms. The second-order valence-electron chi connectivity index (χ2n) is 6.78. The van der Waals surface area contributed by atoms with Gasteiger partial charge in [-0.05, 0) is 42.8 Å².